The lowest BCUT2D eigenvalue weighted by Crippen LogP contribution is -1.97. The fourth-order valence-corrected chi connectivity index (χ4v) is 2.84. The van der Waals surface area contributed by atoms with Crippen LogP contribution in [0, 0.1) is 5.82 Å². The number of benzene rings is 3. The van der Waals surface area contributed by atoms with Gasteiger partial charge in [-0.05, 0) is 34.9 Å². The number of hydrogen-bond donors (Lipinski definition) is 0. The molecule has 126 valence electrons. The van der Waals surface area contributed by atoms with E-state index in [-0.39, 0.29) is 11.1 Å². The van der Waals surface area contributed by atoms with Gasteiger partial charge in [0.15, 0.2) is 11.6 Å². The van der Waals surface area contributed by atoms with Crippen molar-refractivity contribution in [2.45, 2.75) is 0 Å². The fraction of sp³-hybridized carbons (Fsp3) is 0. The molecule has 0 saturated carbocycles. The lowest BCUT2D eigenvalue weighted by Gasteiger charge is -2.06. The number of nitrogens with zero attached hydrogens (tertiary/aromatic N) is 3. The molecule has 0 aliphatic rings. The van der Waals surface area contributed by atoms with Crippen LogP contribution in [0.25, 0.3) is 33.9 Å². The van der Waals surface area contributed by atoms with Crippen LogP contribution < -0.4 is 0 Å². The first-order valence-corrected chi connectivity index (χ1v) is 8.40. The molecule has 1 heterocycles. The molecule has 0 atom stereocenters. The molecule has 1 aromatic heterocycles. The zero-order chi connectivity index (χ0) is 17.9. The van der Waals surface area contributed by atoms with Crippen LogP contribution in [0.3, 0.4) is 0 Å². The average Bonchev–Trinajstić information content (AvgIpc) is 2.68. The fourth-order valence-electron chi connectivity index (χ4n) is 2.68. The van der Waals surface area contributed by atoms with Crippen molar-refractivity contribution < 1.29 is 4.39 Å². The second-order valence-corrected chi connectivity index (χ2v) is 6.04. The van der Waals surface area contributed by atoms with Gasteiger partial charge in [-0.1, -0.05) is 66.7 Å². The molecule has 0 amide bonds. The van der Waals surface area contributed by atoms with Crippen molar-refractivity contribution in [3.05, 3.63) is 90.0 Å². The molecule has 3 nitrogen and oxygen atoms in total. The summed E-state index contributed by atoms with van der Waals surface area (Å²) in [4.78, 5) is 13.0. The molecule has 4 rings (SSSR count). The maximum Gasteiger partial charge on any atom is 0.226 e. The van der Waals surface area contributed by atoms with Gasteiger partial charge in [-0.3, -0.25) is 0 Å². The van der Waals surface area contributed by atoms with E-state index in [1.54, 1.807) is 6.07 Å². The number of hydrogen-bond acceptors (Lipinski definition) is 3. The van der Waals surface area contributed by atoms with Crippen molar-refractivity contribution in [2.75, 3.05) is 0 Å². The van der Waals surface area contributed by atoms with Gasteiger partial charge in [-0.25, -0.2) is 9.37 Å². The predicted molar refractivity (Wildman–Crippen MR) is 101 cm³/mol. The summed E-state index contributed by atoms with van der Waals surface area (Å²) in [5.74, 6) is 0.757. The molecule has 5 heteroatoms. The third-order valence-electron chi connectivity index (χ3n) is 3.94. The summed E-state index contributed by atoms with van der Waals surface area (Å²) in [6.45, 7) is 0. The highest BCUT2D eigenvalue weighted by molar-refractivity contribution is 6.28. The molecule has 4 aromatic rings. The largest absolute Gasteiger partial charge is 0.226 e. The zero-order valence-corrected chi connectivity index (χ0v) is 14.4. The van der Waals surface area contributed by atoms with Crippen LogP contribution in [0.1, 0.15) is 0 Å². The highest BCUT2D eigenvalue weighted by atomic mass is 35.5. The minimum Gasteiger partial charge on any atom is -0.208 e. The quantitative estimate of drug-likeness (QED) is 0.472. The van der Waals surface area contributed by atoms with Crippen LogP contribution in [-0.2, 0) is 0 Å². The van der Waals surface area contributed by atoms with Crippen molar-refractivity contribution in [1.82, 2.24) is 15.0 Å². The summed E-state index contributed by atoms with van der Waals surface area (Å²) in [5.41, 5.74) is 3.41. The van der Waals surface area contributed by atoms with Crippen LogP contribution >= 0.6 is 11.6 Å². The van der Waals surface area contributed by atoms with Crippen molar-refractivity contribution in [3.8, 4) is 33.9 Å². The molecular weight excluding hydrogens is 349 g/mol. The Kier molecular flexibility index (Phi) is 4.42. The normalized spacial score (nSPS) is 10.7. The summed E-state index contributed by atoms with van der Waals surface area (Å²) >= 11 is 6.09. The maximum absolute atomic E-state index is 13.4. The summed E-state index contributed by atoms with van der Waals surface area (Å²) in [7, 11) is 0. The minimum atomic E-state index is -0.261. The maximum atomic E-state index is 13.4. The molecule has 0 radical (unpaired) electrons. The van der Waals surface area contributed by atoms with Gasteiger partial charge in [0.25, 0.3) is 0 Å². The van der Waals surface area contributed by atoms with E-state index in [1.807, 2.05) is 60.7 Å². The molecule has 0 bridgehead atoms. The molecule has 0 saturated heterocycles. The van der Waals surface area contributed by atoms with Gasteiger partial charge < -0.3 is 0 Å². The van der Waals surface area contributed by atoms with Gasteiger partial charge in [0, 0.05) is 11.1 Å². The predicted octanol–water partition coefficient (Wildman–Crippen LogP) is 5.67. The van der Waals surface area contributed by atoms with Gasteiger partial charge in [-0.2, -0.15) is 9.97 Å². The van der Waals surface area contributed by atoms with E-state index in [0.717, 1.165) is 22.3 Å². The third kappa shape index (κ3) is 3.46. The van der Waals surface area contributed by atoms with E-state index < -0.39 is 0 Å². The molecule has 26 heavy (non-hydrogen) atoms. The topological polar surface area (TPSA) is 38.7 Å². The number of halogens is 2. The van der Waals surface area contributed by atoms with Crippen LogP contribution in [0.5, 0.6) is 0 Å². The molecule has 0 fully saturated rings. The van der Waals surface area contributed by atoms with Gasteiger partial charge >= 0.3 is 0 Å². The van der Waals surface area contributed by atoms with Crippen molar-refractivity contribution >= 4 is 11.6 Å². The highest BCUT2D eigenvalue weighted by Crippen LogP contribution is 2.25. The lowest BCUT2D eigenvalue weighted by atomic mass is 10.0. The second kappa shape index (κ2) is 7.02. The van der Waals surface area contributed by atoms with Crippen LogP contribution in [0.2, 0.25) is 5.28 Å². The van der Waals surface area contributed by atoms with Crippen LogP contribution in [0.15, 0.2) is 78.9 Å². The van der Waals surface area contributed by atoms with E-state index in [2.05, 4.69) is 15.0 Å². The Balaban J connectivity index is 1.71. The van der Waals surface area contributed by atoms with E-state index in [0.29, 0.717) is 11.6 Å². The summed E-state index contributed by atoms with van der Waals surface area (Å²) in [6.07, 6.45) is 0. The smallest absolute Gasteiger partial charge is 0.208 e. The first kappa shape index (κ1) is 16.4. The van der Waals surface area contributed by atoms with Crippen LogP contribution in [0.4, 0.5) is 4.39 Å². The molecule has 0 N–H and O–H groups in total. The number of rotatable bonds is 3. The molecule has 3 aromatic carbocycles. The summed E-state index contributed by atoms with van der Waals surface area (Å²) in [5, 5.41) is 0.142. The molecule has 0 aliphatic carbocycles. The Morgan fingerprint density at radius 2 is 1.15 bits per heavy atom. The Morgan fingerprint density at radius 1 is 0.577 bits per heavy atom. The standard InChI is InChI=1S/C21H13ClFN3/c22-21-25-19(15-5-2-1-3-6-15)24-20(26-21)16-11-9-14(10-12-16)17-7-4-8-18(23)13-17/h1-13H. The monoisotopic (exact) mass is 361 g/mol. The van der Waals surface area contributed by atoms with Crippen molar-refractivity contribution in [2.24, 2.45) is 0 Å². The van der Waals surface area contributed by atoms with Gasteiger partial charge in [0.05, 0.1) is 0 Å². The molecular formula is C21H13ClFN3. The highest BCUT2D eigenvalue weighted by Gasteiger charge is 2.09. The minimum absolute atomic E-state index is 0.142. The SMILES string of the molecule is Fc1cccc(-c2ccc(-c3nc(Cl)nc(-c4ccccc4)n3)cc2)c1. The van der Waals surface area contributed by atoms with Gasteiger partial charge in [0.2, 0.25) is 5.28 Å². The Bertz CT molecular complexity index is 1050. The van der Waals surface area contributed by atoms with E-state index in [9.17, 15) is 4.39 Å². The molecule has 0 unspecified atom stereocenters. The van der Waals surface area contributed by atoms with Crippen molar-refractivity contribution in [3.63, 3.8) is 0 Å². The Morgan fingerprint density at radius 3 is 1.81 bits per heavy atom. The van der Waals surface area contributed by atoms with Crippen molar-refractivity contribution in [1.29, 1.82) is 0 Å². The Hall–Kier alpha value is -3.11. The van der Waals surface area contributed by atoms with E-state index in [1.165, 1.54) is 12.1 Å². The van der Waals surface area contributed by atoms with Crippen LogP contribution in [-0.4, -0.2) is 15.0 Å². The van der Waals surface area contributed by atoms with E-state index >= 15 is 0 Å². The molecule has 0 aliphatic heterocycles. The molecule has 0 spiro atoms. The lowest BCUT2D eigenvalue weighted by molar-refractivity contribution is 0.628. The van der Waals surface area contributed by atoms with E-state index in [4.69, 9.17) is 11.6 Å². The average molecular weight is 362 g/mol. The second-order valence-electron chi connectivity index (χ2n) is 5.71. The summed E-state index contributed by atoms with van der Waals surface area (Å²) in [6, 6.07) is 23.7. The first-order valence-electron chi connectivity index (χ1n) is 8.02. The van der Waals surface area contributed by atoms with Gasteiger partial charge in [0.1, 0.15) is 5.82 Å². The summed E-state index contributed by atoms with van der Waals surface area (Å²) < 4.78 is 13.4. The third-order valence-corrected chi connectivity index (χ3v) is 4.11. The zero-order valence-electron chi connectivity index (χ0n) is 13.6. The Labute approximate surface area is 155 Å². The number of aromatic nitrogens is 3. The van der Waals surface area contributed by atoms with Gasteiger partial charge in [-0.15, -0.1) is 0 Å². The first-order chi connectivity index (χ1) is 12.7.